The first-order valence-corrected chi connectivity index (χ1v) is 6.09. The predicted octanol–water partition coefficient (Wildman–Crippen LogP) is 3.92. The molecule has 0 bridgehead atoms. The lowest BCUT2D eigenvalue weighted by molar-refractivity contribution is 0.399. The van der Waals surface area contributed by atoms with Crippen molar-refractivity contribution < 1.29 is 4.74 Å². The van der Waals surface area contributed by atoms with Gasteiger partial charge in [0.1, 0.15) is 0 Å². The standard InChI is InChI=1S/C14H15ClN2O/c1-10(11-5-3-6-12(15)9-11)17-13-7-4-8-16-14(13)18-2/h3-10,17H,1-2H3. The fourth-order valence-electron chi connectivity index (χ4n) is 1.76. The lowest BCUT2D eigenvalue weighted by Gasteiger charge is -2.17. The third-order valence-electron chi connectivity index (χ3n) is 2.69. The first kappa shape index (κ1) is 12.7. The summed E-state index contributed by atoms with van der Waals surface area (Å²) in [4.78, 5) is 4.15. The molecule has 3 nitrogen and oxygen atoms in total. The predicted molar refractivity (Wildman–Crippen MR) is 74.3 cm³/mol. The molecule has 0 fully saturated rings. The second-order valence-electron chi connectivity index (χ2n) is 3.98. The van der Waals surface area contributed by atoms with Crippen LogP contribution in [-0.4, -0.2) is 12.1 Å². The summed E-state index contributed by atoms with van der Waals surface area (Å²) < 4.78 is 5.21. The molecule has 1 aromatic carbocycles. The molecule has 0 saturated carbocycles. The van der Waals surface area contributed by atoms with Crippen LogP contribution >= 0.6 is 11.6 Å². The molecule has 18 heavy (non-hydrogen) atoms. The zero-order chi connectivity index (χ0) is 13.0. The first-order valence-electron chi connectivity index (χ1n) is 5.71. The van der Waals surface area contributed by atoms with E-state index in [-0.39, 0.29) is 6.04 Å². The summed E-state index contributed by atoms with van der Waals surface area (Å²) in [5.41, 5.74) is 1.99. The first-order chi connectivity index (χ1) is 8.70. The number of methoxy groups -OCH3 is 1. The van der Waals surface area contributed by atoms with Crippen LogP contribution in [0.25, 0.3) is 0 Å². The zero-order valence-corrected chi connectivity index (χ0v) is 11.1. The average molecular weight is 263 g/mol. The van der Waals surface area contributed by atoms with Gasteiger partial charge in [0, 0.05) is 17.3 Å². The highest BCUT2D eigenvalue weighted by molar-refractivity contribution is 6.30. The highest BCUT2D eigenvalue weighted by atomic mass is 35.5. The number of nitrogens with one attached hydrogen (secondary N) is 1. The molecule has 0 spiro atoms. The van der Waals surface area contributed by atoms with Gasteiger partial charge in [0.2, 0.25) is 5.88 Å². The maximum atomic E-state index is 5.99. The molecule has 0 aliphatic carbocycles. The molecule has 0 aliphatic rings. The molecule has 0 aliphatic heterocycles. The van der Waals surface area contributed by atoms with E-state index in [1.54, 1.807) is 13.3 Å². The van der Waals surface area contributed by atoms with Crippen molar-refractivity contribution in [2.45, 2.75) is 13.0 Å². The fourth-order valence-corrected chi connectivity index (χ4v) is 1.95. The lowest BCUT2D eigenvalue weighted by atomic mass is 10.1. The number of anilines is 1. The fraction of sp³-hybridized carbons (Fsp3) is 0.214. The van der Waals surface area contributed by atoms with Crippen LogP contribution in [0.4, 0.5) is 5.69 Å². The van der Waals surface area contributed by atoms with Crippen molar-refractivity contribution in [3.63, 3.8) is 0 Å². The highest BCUT2D eigenvalue weighted by Gasteiger charge is 2.09. The smallest absolute Gasteiger partial charge is 0.237 e. The van der Waals surface area contributed by atoms with E-state index >= 15 is 0 Å². The van der Waals surface area contributed by atoms with Crippen LogP contribution < -0.4 is 10.1 Å². The molecular weight excluding hydrogens is 248 g/mol. The molecular formula is C14H15ClN2O. The minimum absolute atomic E-state index is 0.127. The van der Waals surface area contributed by atoms with Crippen molar-refractivity contribution >= 4 is 17.3 Å². The maximum Gasteiger partial charge on any atom is 0.237 e. The summed E-state index contributed by atoms with van der Waals surface area (Å²) >= 11 is 5.99. The Labute approximate surface area is 112 Å². The molecule has 1 aromatic heterocycles. The summed E-state index contributed by atoms with van der Waals surface area (Å²) in [6.07, 6.45) is 1.70. The highest BCUT2D eigenvalue weighted by Crippen LogP contribution is 2.26. The maximum absolute atomic E-state index is 5.99. The number of nitrogens with zero attached hydrogens (tertiary/aromatic N) is 1. The van der Waals surface area contributed by atoms with Crippen LogP contribution in [0.1, 0.15) is 18.5 Å². The van der Waals surface area contributed by atoms with Gasteiger partial charge >= 0.3 is 0 Å². The number of hydrogen-bond donors (Lipinski definition) is 1. The van der Waals surface area contributed by atoms with Gasteiger partial charge in [-0.2, -0.15) is 0 Å². The molecule has 2 aromatic rings. The van der Waals surface area contributed by atoms with Crippen LogP contribution in [-0.2, 0) is 0 Å². The summed E-state index contributed by atoms with van der Waals surface area (Å²) in [5, 5.41) is 4.09. The molecule has 0 radical (unpaired) electrons. The number of hydrogen-bond acceptors (Lipinski definition) is 3. The number of rotatable bonds is 4. The molecule has 0 saturated heterocycles. The van der Waals surface area contributed by atoms with Crippen LogP contribution in [0.5, 0.6) is 5.88 Å². The summed E-state index contributed by atoms with van der Waals surface area (Å²) in [5.74, 6) is 0.589. The second kappa shape index (κ2) is 5.74. The van der Waals surface area contributed by atoms with Gasteiger partial charge in [-0.25, -0.2) is 4.98 Å². The van der Waals surface area contributed by atoms with Crippen molar-refractivity contribution in [3.05, 3.63) is 53.2 Å². The van der Waals surface area contributed by atoms with Crippen molar-refractivity contribution in [1.29, 1.82) is 0 Å². The molecule has 1 unspecified atom stereocenters. The zero-order valence-electron chi connectivity index (χ0n) is 10.4. The molecule has 4 heteroatoms. The van der Waals surface area contributed by atoms with Gasteiger partial charge in [-0.15, -0.1) is 0 Å². The van der Waals surface area contributed by atoms with E-state index in [1.807, 2.05) is 36.4 Å². The van der Waals surface area contributed by atoms with Gasteiger partial charge in [0.05, 0.1) is 12.8 Å². The van der Waals surface area contributed by atoms with Gasteiger partial charge in [-0.3, -0.25) is 0 Å². The van der Waals surface area contributed by atoms with Gasteiger partial charge in [0.25, 0.3) is 0 Å². The summed E-state index contributed by atoms with van der Waals surface area (Å²) in [6, 6.07) is 11.7. The summed E-state index contributed by atoms with van der Waals surface area (Å²) in [7, 11) is 1.61. The van der Waals surface area contributed by atoms with E-state index in [0.717, 1.165) is 16.3 Å². The minimum Gasteiger partial charge on any atom is -0.480 e. The SMILES string of the molecule is COc1ncccc1NC(C)c1cccc(Cl)c1. The van der Waals surface area contributed by atoms with Gasteiger partial charge in [0.15, 0.2) is 0 Å². The van der Waals surface area contributed by atoms with Crippen LogP contribution in [0.3, 0.4) is 0 Å². The Morgan fingerprint density at radius 2 is 2.11 bits per heavy atom. The van der Waals surface area contributed by atoms with Crippen molar-refractivity contribution in [1.82, 2.24) is 4.98 Å². The molecule has 94 valence electrons. The van der Waals surface area contributed by atoms with Crippen molar-refractivity contribution in [2.24, 2.45) is 0 Å². The number of halogens is 1. The Kier molecular flexibility index (Phi) is 4.05. The van der Waals surface area contributed by atoms with Gasteiger partial charge in [-0.1, -0.05) is 23.7 Å². The third kappa shape index (κ3) is 2.93. The molecule has 1 N–H and O–H groups in total. The Morgan fingerprint density at radius 3 is 2.83 bits per heavy atom. The van der Waals surface area contributed by atoms with Crippen LogP contribution in [0.15, 0.2) is 42.6 Å². The van der Waals surface area contributed by atoms with E-state index in [9.17, 15) is 0 Å². The largest absolute Gasteiger partial charge is 0.480 e. The number of benzene rings is 1. The van der Waals surface area contributed by atoms with E-state index in [2.05, 4.69) is 17.2 Å². The molecule has 0 amide bonds. The monoisotopic (exact) mass is 262 g/mol. The number of aromatic nitrogens is 1. The van der Waals surface area contributed by atoms with Crippen LogP contribution in [0.2, 0.25) is 5.02 Å². The second-order valence-corrected chi connectivity index (χ2v) is 4.42. The van der Waals surface area contributed by atoms with Gasteiger partial charge in [-0.05, 0) is 36.8 Å². The van der Waals surface area contributed by atoms with Crippen molar-refractivity contribution in [3.8, 4) is 5.88 Å². The number of ether oxygens (including phenoxy) is 1. The Balaban J connectivity index is 2.18. The van der Waals surface area contributed by atoms with E-state index in [4.69, 9.17) is 16.3 Å². The normalized spacial score (nSPS) is 11.9. The Bertz CT molecular complexity index is 531. The quantitative estimate of drug-likeness (QED) is 0.907. The topological polar surface area (TPSA) is 34.1 Å². The van der Waals surface area contributed by atoms with E-state index in [1.165, 1.54) is 0 Å². The van der Waals surface area contributed by atoms with Gasteiger partial charge < -0.3 is 10.1 Å². The lowest BCUT2D eigenvalue weighted by Crippen LogP contribution is -2.08. The van der Waals surface area contributed by atoms with E-state index in [0.29, 0.717) is 5.88 Å². The third-order valence-corrected chi connectivity index (χ3v) is 2.92. The Morgan fingerprint density at radius 1 is 1.28 bits per heavy atom. The molecule has 1 heterocycles. The summed E-state index contributed by atoms with van der Waals surface area (Å²) in [6.45, 7) is 2.07. The van der Waals surface area contributed by atoms with E-state index < -0.39 is 0 Å². The minimum atomic E-state index is 0.127. The average Bonchev–Trinajstić information content (AvgIpc) is 2.39. The van der Waals surface area contributed by atoms with Crippen LogP contribution in [0, 0.1) is 0 Å². The molecule has 2 rings (SSSR count). The Hall–Kier alpha value is -1.74. The molecule has 1 atom stereocenters. The number of pyridine rings is 1. The van der Waals surface area contributed by atoms with Crippen molar-refractivity contribution in [2.75, 3.05) is 12.4 Å².